The van der Waals surface area contributed by atoms with Crippen molar-refractivity contribution in [2.75, 3.05) is 7.11 Å². The number of ketones is 2. The number of halogens is 3. The number of hydrogen-bond acceptors (Lipinski definition) is 6. The minimum absolute atomic E-state index is 0. The first-order chi connectivity index (χ1) is 23.1. The fourth-order valence-corrected chi connectivity index (χ4v) is 4.13. The molecule has 52 heavy (non-hydrogen) atoms. The molecule has 0 saturated heterocycles. The maximum atomic E-state index is 12.6. The maximum Gasteiger partial charge on any atom is 1.00 e. The van der Waals surface area contributed by atoms with Crippen molar-refractivity contribution in [3.8, 4) is 28.7 Å². The molecule has 0 radical (unpaired) electrons. The number of aryl methyl sites for hydroxylation is 1. The van der Waals surface area contributed by atoms with Gasteiger partial charge in [-0.25, -0.2) is 8.78 Å². The summed E-state index contributed by atoms with van der Waals surface area (Å²) in [4.78, 5) is 24.3. The van der Waals surface area contributed by atoms with Gasteiger partial charge in [0.2, 0.25) is 0 Å². The van der Waals surface area contributed by atoms with Gasteiger partial charge in [-0.15, -0.1) is 11.5 Å². The first kappa shape index (κ1) is 48.7. The second kappa shape index (κ2) is 24.8. The van der Waals surface area contributed by atoms with Crippen molar-refractivity contribution in [2.45, 2.75) is 6.92 Å². The Bertz CT molecular complexity index is 1860. The third-order valence-corrected chi connectivity index (χ3v) is 6.76. The summed E-state index contributed by atoms with van der Waals surface area (Å²) in [6.07, 6.45) is 0. The van der Waals surface area contributed by atoms with E-state index in [0.717, 1.165) is 11.5 Å². The van der Waals surface area contributed by atoms with Crippen molar-refractivity contribution in [2.24, 2.45) is 0 Å². The molecular formula is C40H30F3Na3O6. The van der Waals surface area contributed by atoms with Gasteiger partial charge in [-0.2, -0.15) is 0 Å². The number of rotatable bonds is 7. The molecule has 0 fully saturated rings. The monoisotopic (exact) mass is 732 g/mol. The van der Waals surface area contributed by atoms with E-state index < -0.39 is 11.6 Å². The van der Waals surface area contributed by atoms with Crippen LogP contribution in [0, 0.1) is 18.6 Å². The first-order valence-electron chi connectivity index (χ1n) is 14.6. The Morgan fingerprint density at radius 2 is 0.731 bits per heavy atom. The SMILES string of the molecule is COc1ccc(C(=O)c2ccc(Oc3ccc(C)cc3)cc2)cc1.O=C(c1ccc(F)cc1)c1ccc(F)cc1.[F-].[Na+].[Na+].[Na+].[O-]c1ccc([O-])cc1. The summed E-state index contributed by atoms with van der Waals surface area (Å²) in [5, 5.41) is 20.6. The molecule has 0 heterocycles. The van der Waals surface area contributed by atoms with Crippen LogP contribution in [0.25, 0.3) is 0 Å². The van der Waals surface area contributed by atoms with Crippen LogP contribution in [0.15, 0.2) is 146 Å². The average molecular weight is 733 g/mol. The van der Waals surface area contributed by atoms with Crippen molar-refractivity contribution in [1.82, 2.24) is 0 Å². The van der Waals surface area contributed by atoms with Crippen molar-refractivity contribution in [3.63, 3.8) is 0 Å². The van der Waals surface area contributed by atoms with Crippen LogP contribution in [-0.4, -0.2) is 18.7 Å². The molecule has 0 saturated carbocycles. The van der Waals surface area contributed by atoms with Crippen LogP contribution in [0.5, 0.6) is 28.7 Å². The average Bonchev–Trinajstić information content (AvgIpc) is 3.11. The molecule has 0 spiro atoms. The number of hydrogen-bond donors (Lipinski definition) is 0. The van der Waals surface area contributed by atoms with Crippen molar-refractivity contribution < 1.29 is 131 Å². The molecule has 0 aliphatic heterocycles. The molecule has 250 valence electrons. The third kappa shape index (κ3) is 15.7. The molecular weight excluding hydrogens is 702 g/mol. The molecule has 0 aliphatic carbocycles. The summed E-state index contributed by atoms with van der Waals surface area (Å²) in [6.45, 7) is 2.03. The minimum Gasteiger partial charge on any atom is -1.00 e. The van der Waals surface area contributed by atoms with Gasteiger partial charge in [0.25, 0.3) is 0 Å². The summed E-state index contributed by atoms with van der Waals surface area (Å²) in [5.74, 6) is 0.897. The number of ether oxygens (including phenoxy) is 2. The van der Waals surface area contributed by atoms with E-state index in [-0.39, 0.29) is 116 Å². The van der Waals surface area contributed by atoms with E-state index in [1.165, 1.54) is 78.4 Å². The Balaban J connectivity index is 0.000000807. The first-order valence-corrected chi connectivity index (χ1v) is 14.6. The van der Waals surface area contributed by atoms with Gasteiger partial charge in [-0.1, -0.05) is 42.0 Å². The van der Waals surface area contributed by atoms with Crippen LogP contribution in [0.3, 0.4) is 0 Å². The van der Waals surface area contributed by atoms with Gasteiger partial charge in [-0.3, -0.25) is 9.59 Å². The van der Waals surface area contributed by atoms with Crippen LogP contribution in [0.1, 0.15) is 37.4 Å². The molecule has 0 unspecified atom stereocenters. The fraction of sp³-hybridized carbons (Fsp3) is 0.0500. The van der Waals surface area contributed by atoms with Gasteiger partial charge >= 0.3 is 88.7 Å². The van der Waals surface area contributed by atoms with E-state index in [1.807, 2.05) is 31.2 Å². The van der Waals surface area contributed by atoms with Crippen LogP contribution >= 0.6 is 0 Å². The summed E-state index contributed by atoms with van der Waals surface area (Å²) < 4.78 is 36.2. The second-order valence-electron chi connectivity index (χ2n) is 10.3. The van der Waals surface area contributed by atoms with E-state index in [0.29, 0.717) is 28.0 Å². The molecule has 0 aliphatic rings. The van der Waals surface area contributed by atoms with Gasteiger partial charge in [0, 0.05) is 22.3 Å². The smallest absolute Gasteiger partial charge is 1.00 e. The summed E-state index contributed by atoms with van der Waals surface area (Å²) >= 11 is 0. The number of benzene rings is 6. The molecule has 0 N–H and O–H groups in total. The Kier molecular flexibility index (Phi) is 23.2. The second-order valence-corrected chi connectivity index (χ2v) is 10.3. The molecule has 0 amide bonds. The van der Waals surface area contributed by atoms with Gasteiger partial charge in [0.05, 0.1) is 7.11 Å². The summed E-state index contributed by atoms with van der Waals surface area (Å²) in [6, 6.07) is 37.6. The number of carbonyl (C=O) groups excluding carboxylic acids is 2. The molecule has 6 rings (SSSR count). The van der Waals surface area contributed by atoms with Gasteiger partial charge in [-0.05, 0) is 116 Å². The van der Waals surface area contributed by atoms with Crippen LogP contribution in [0.4, 0.5) is 8.78 Å². The topological polar surface area (TPSA) is 98.7 Å². The molecule has 6 nitrogen and oxygen atoms in total. The zero-order valence-electron chi connectivity index (χ0n) is 29.4. The standard InChI is InChI=1S/C21H18O3.C13H8F2O.C6H6O2.FH.3Na/c1-15-3-9-19(10-4-15)24-20-13-7-17(8-14-20)21(22)16-5-11-18(23-2)12-6-16;14-11-5-1-9(2-6-11)13(16)10-3-7-12(15)8-4-10;7-5-1-2-6(8)4-3-5;;;;/h3-14H,1-2H3;1-8H;1-4,7-8H;1H;;;/q;;;;3*+1/p-3. The number of methoxy groups -OCH3 is 1. The summed E-state index contributed by atoms with van der Waals surface area (Å²) in [5.41, 5.74) is 3.20. The number of carbonyl (C=O) groups is 2. The van der Waals surface area contributed by atoms with E-state index in [2.05, 4.69) is 0 Å². The Hall–Kier alpha value is -3.35. The fourth-order valence-electron chi connectivity index (χ4n) is 4.13. The van der Waals surface area contributed by atoms with Crippen LogP contribution in [-0.2, 0) is 0 Å². The summed E-state index contributed by atoms with van der Waals surface area (Å²) in [7, 11) is 1.60. The molecule has 0 atom stereocenters. The maximum absolute atomic E-state index is 12.6. The van der Waals surface area contributed by atoms with Crippen molar-refractivity contribution in [3.05, 3.63) is 185 Å². The van der Waals surface area contributed by atoms with Crippen molar-refractivity contribution >= 4 is 11.6 Å². The Morgan fingerprint density at radius 3 is 1.04 bits per heavy atom. The van der Waals surface area contributed by atoms with Crippen LogP contribution in [0.2, 0.25) is 0 Å². The van der Waals surface area contributed by atoms with Gasteiger partial charge < -0.3 is 24.4 Å². The molecule has 6 aromatic carbocycles. The van der Waals surface area contributed by atoms with Gasteiger partial charge in [0.1, 0.15) is 28.9 Å². The normalized spacial score (nSPS) is 9.23. The molecule has 12 heteroatoms. The molecule has 6 aromatic rings. The minimum atomic E-state index is -0.393. The zero-order chi connectivity index (χ0) is 34.5. The Labute approximate surface area is 367 Å². The predicted molar refractivity (Wildman–Crippen MR) is 176 cm³/mol. The van der Waals surface area contributed by atoms with E-state index in [4.69, 9.17) is 9.47 Å². The largest absolute Gasteiger partial charge is 1.00 e. The molecule has 0 aromatic heterocycles. The zero-order valence-corrected chi connectivity index (χ0v) is 35.4. The third-order valence-electron chi connectivity index (χ3n) is 6.76. The quantitative estimate of drug-likeness (QED) is 0.123. The van der Waals surface area contributed by atoms with E-state index in [9.17, 15) is 28.6 Å². The Morgan fingerprint density at radius 1 is 0.462 bits per heavy atom. The van der Waals surface area contributed by atoms with E-state index >= 15 is 0 Å². The van der Waals surface area contributed by atoms with Crippen LogP contribution < -0.4 is 113 Å². The molecule has 0 bridgehead atoms. The predicted octanol–water partition coefficient (Wildman–Crippen LogP) is -3.93. The van der Waals surface area contributed by atoms with Crippen molar-refractivity contribution in [1.29, 1.82) is 0 Å². The van der Waals surface area contributed by atoms with E-state index in [1.54, 1.807) is 55.6 Å². The van der Waals surface area contributed by atoms with Gasteiger partial charge in [0.15, 0.2) is 11.6 Å².